The number of nitro groups is 1. The Kier molecular flexibility index (Phi) is 7.27. The second kappa shape index (κ2) is 9.93. The molecule has 1 atom stereocenters. The van der Waals surface area contributed by atoms with E-state index < -0.39 is 22.7 Å². The van der Waals surface area contributed by atoms with Crippen molar-refractivity contribution in [2.45, 2.75) is 32.4 Å². The van der Waals surface area contributed by atoms with Gasteiger partial charge in [-0.1, -0.05) is 23.7 Å². The standard InChI is InChI=1S/C23H23ClN2O6/c1-14(2)32-13-3-12-25-20(15-4-8-17(24)9-5-15)19(22(28)23(25)29)21(27)16-6-10-18(11-7-16)26(30)31/h4-11,14,20,27H,3,12-13H2,1-2H3/t20-/m0/s1. The van der Waals surface area contributed by atoms with E-state index in [0.717, 1.165) is 0 Å². The van der Waals surface area contributed by atoms with E-state index >= 15 is 0 Å². The van der Waals surface area contributed by atoms with Crippen molar-refractivity contribution in [2.24, 2.45) is 0 Å². The van der Waals surface area contributed by atoms with Crippen LogP contribution in [0.25, 0.3) is 5.76 Å². The van der Waals surface area contributed by atoms with Crippen molar-refractivity contribution in [3.8, 4) is 0 Å². The van der Waals surface area contributed by atoms with Gasteiger partial charge in [0.05, 0.1) is 22.6 Å². The molecule has 0 unspecified atom stereocenters. The molecule has 1 fully saturated rings. The van der Waals surface area contributed by atoms with Crippen LogP contribution in [-0.4, -0.2) is 45.9 Å². The molecule has 1 saturated heterocycles. The number of likely N-dealkylation sites (tertiary alicyclic amines) is 1. The number of aliphatic hydroxyl groups is 1. The number of nitro benzene ring substituents is 1. The third-order valence-corrected chi connectivity index (χ3v) is 5.32. The molecule has 32 heavy (non-hydrogen) atoms. The highest BCUT2D eigenvalue weighted by atomic mass is 35.5. The van der Waals surface area contributed by atoms with Crippen LogP contribution in [0.3, 0.4) is 0 Å². The first-order chi connectivity index (χ1) is 15.2. The number of Topliss-reactive ketones (excluding diaryl/α,β-unsaturated/α-hetero) is 1. The fourth-order valence-corrected chi connectivity index (χ4v) is 3.68. The highest BCUT2D eigenvalue weighted by molar-refractivity contribution is 6.46. The van der Waals surface area contributed by atoms with Crippen LogP contribution in [0.2, 0.25) is 5.02 Å². The van der Waals surface area contributed by atoms with Crippen molar-refractivity contribution >= 4 is 34.7 Å². The molecule has 1 heterocycles. The Morgan fingerprint density at radius 2 is 1.78 bits per heavy atom. The van der Waals surface area contributed by atoms with Gasteiger partial charge >= 0.3 is 0 Å². The molecule has 1 aliphatic rings. The third kappa shape index (κ3) is 4.98. The molecule has 0 aromatic heterocycles. The lowest BCUT2D eigenvalue weighted by atomic mass is 9.95. The number of benzene rings is 2. The minimum atomic E-state index is -0.818. The molecular formula is C23H23ClN2O6. The summed E-state index contributed by atoms with van der Waals surface area (Å²) >= 11 is 6.00. The first kappa shape index (κ1) is 23.4. The molecule has 1 N–H and O–H groups in total. The van der Waals surface area contributed by atoms with Gasteiger partial charge in [-0.05, 0) is 50.1 Å². The van der Waals surface area contributed by atoms with Gasteiger partial charge in [0.25, 0.3) is 17.4 Å². The molecule has 1 aliphatic heterocycles. The average molecular weight is 459 g/mol. The molecule has 168 valence electrons. The lowest BCUT2D eigenvalue weighted by molar-refractivity contribution is -0.384. The quantitative estimate of drug-likeness (QED) is 0.156. The highest BCUT2D eigenvalue weighted by Gasteiger charge is 2.45. The summed E-state index contributed by atoms with van der Waals surface area (Å²) in [4.78, 5) is 37.5. The van der Waals surface area contributed by atoms with Crippen molar-refractivity contribution < 1.29 is 24.4 Å². The van der Waals surface area contributed by atoms with Crippen molar-refractivity contribution in [1.29, 1.82) is 0 Å². The number of non-ortho nitro benzene ring substituents is 1. The van der Waals surface area contributed by atoms with Crippen LogP contribution in [0.4, 0.5) is 5.69 Å². The van der Waals surface area contributed by atoms with E-state index in [1.807, 2.05) is 13.8 Å². The summed E-state index contributed by atoms with van der Waals surface area (Å²) in [6.07, 6.45) is 0.548. The van der Waals surface area contributed by atoms with Crippen molar-refractivity contribution in [1.82, 2.24) is 4.90 Å². The molecule has 8 nitrogen and oxygen atoms in total. The number of halogens is 1. The monoisotopic (exact) mass is 458 g/mol. The zero-order valence-corrected chi connectivity index (χ0v) is 18.4. The van der Waals surface area contributed by atoms with Crippen molar-refractivity contribution in [3.05, 3.63) is 80.4 Å². The van der Waals surface area contributed by atoms with Gasteiger partial charge in [0.1, 0.15) is 5.76 Å². The maximum Gasteiger partial charge on any atom is 0.295 e. The number of aliphatic hydroxyl groups excluding tert-OH is 1. The molecule has 0 bridgehead atoms. The lowest BCUT2D eigenvalue weighted by Gasteiger charge is -2.25. The van der Waals surface area contributed by atoms with E-state index in [-0.39, 0.29) is 35.2 Å². The first-order valence-electron chi connectivity index (χ1n) is 10.1. The first-order valence-corrected chi connectivity index (χ1v) is 10.5. The van der Waals surface area contributed by atoms with Crippen molar-refractivity contribution in [3.63, 3.8) is 0 Å². The summed E-state index contributed by atoms with van der Waals surface area (Å²) in [6.45, 7) is 4.48. The van der Waals surface area contributed by atoms with E-state index in [9.17, 15) is 24.8 Å². The Morgan fingerprint density at radius 1 is 1.16 bits per heavy atom. The minimum Gasteiger partial charge on any atom is -0.507 e. The number of hydrogen-bond donors (Lipinski definition) is 1. The van der Waals surface area contributed by atoms with Crippen LogP contribution in [0.5, 0.6) is 0 Å². The molecule has 0 aliphatic carbocycles. The predicted octanol–water partition coefficient (Wildman–Crippen LogP) is 4.49. The van der Waals surface area contributed by atoms with Gasteiger partial charge < -0.3 is 14.7 Å². The Hall–Kier alpha value is -3.23. The molecule has 0 radical (unpaired) electrons. The predicted molar refractivity (Wildman–Crippen MR) is 119 cm³/mol. The average Bonchev–Trinajstić information content (AvgIpc) is 3.01. The molecule has 9 heteroatoms. The topological polar surface area (TPSA) is 110 Å². The van der Waals surface area contributed by atoms with Crippen LogP contribution in [0.1, 0.15) is 37.4 Å². The summed E-state index contributed by atoms with van der Waals surface area (Å²) in [6, 6.07) is 11.0. The second-order valence-corrected chi connectivity index (χ2v) is 8.06. The fourth-order valence-electron chi connectivity index (χ4n) is 3.55. The van der Waals surface area contributed by atoms with Gasteiger partial charge in [0.15, 0.2) is 0 Å². The van der Waals surface area contributed by atoms with Crippen LogP contribution in [0.15, 0.2) is 54.1 Å². The molecule has 0 spiro atoms. The van der Waals surface area contributed by atoms with Crippen LogP contribution in [0, 0.1) is 10.1 Å². The van der Waals surface area contributed by atoms with Crippen LogP contribution in [-0.2, 0) is 14.3 Å². The lowest BCUT2D eigenvalue weighted by Crippen LogP contribution is -2.31. The number of ether oxygens (including phenoxy) is 1. The number of amides is 1. The van der Waals surface area contributed by atoms with E-state index in [1.54, 1.807) is 24.3 Å². The summed E-state index contributed by atoms with van der Waals surface area (Å²) in [5.74, 6) is -1.93. The maximum atomic E-state index is 12.9. The summed E-state index contributed by atoms with van der Waals surface area (Å²) in [5.41, 5.74) is 0.593. The molecular weight excluding hydrogens is 436 g/mol. The maximum absolute atomic E-state index is 12.9. The van der Waals surface area contributed by atoms with E-state index in [4.69, 9.17) is 16.3 Å². The van der Waals surface area contributed by atoms with E-state index in [2.05, 4.69) is 0 Å². The van der Waals surface area contributed by atoms with Gasteiger partial charge in [-0.15, -0.1) is 0 Å². The highest BCUT2D eigenvalue weighted by Crippen LogP contribution is 2.39. The number of ketones is 1. The molecule has 2 aromatic rings. The molecule has 3 rings (SSSR count). The Morgan fingerprint density at radius 3 is 2.34 bits per heavy atom. The Bertz CT molecular complexity index is 1050. The molecule has 1 amide bonds. The van der Waals surface area contributed by atoms with Gasteiger partial charge in [0, 0.05) is 35.9 Å². The number of carbonyl (C=O) groups is 2. The summed E-state index contributed by atoms with van der Waals surface area (Å²) in [7, 11) is 0. The third-order valence-electron chi connectivity index (χ3n) is 5.07. The largest absolute Gasteiger partial charge is 0.507 e. The zero-order chi connectivity index (χ0) is 23.4. The smallest absolute Gasteiger partial charge is 0.295 e. The van der Waals surface area contributed by atoms with Gasteiger partial charge in [-0.2, -0.15) is 0 Å². The molecule has 0 saturated carbocycles. The SMILES string of the molecule is CC(C)OCCCN1C(=O)C(=O)C(=C(O)c2ccc([N+](=O)[O-])cc2)[C@@H]1c1ccc(Cl)cc1. The number of hydrogen-bond acceptors (Lipinski definition) is 6. The van der Waals surface area contributed by atoms with Gasteiger partial charge in [-0.3, -0.25) is 19.7 Å². The number of rotatable bonds is 8. The van der Waals surface area contributed by atoms with Crippen LogP contribution < -0.4 is 0 Å². The minimum absolute atomic E-state index is 0.0413. The summed E-state index contributed by atoms with van der Waals surface area (Å²) < 4.78 is 5.54. The fraction of sp³-hybridized carbons (Fsp3) is 0.304. The van der Waals surface area contributed by atoms with Gasteiger partial charge in [-0.25, -0.2) is 0 Å². The second-order valence-electron chi connectivity index (χ2n) is 7.62. The van der Waals surface area contributed by atoms with Crippen LogP contribution >= 0.6 is 11.6 Å². The van der Waals surface area contributed by atoms with Gasteiger partial charge in [0.2, 0.25) is 0 Å². The summed E-state index contributed by atoms with van der Waals surface area (Å²) in [5, 5.41) is 22.4. The van der Waals surface area contributed by atoms with Crippen molar-refractivity contribution in [2.75, 3.05) is 13.2 Å². The van der Waals surface area contributed by atoms with E-state index in [0.29, 0.717) is 23.6 Å². The number of carbonyl (C=O) groups excluding carboxylic acids is 2. The van der Waals surface area contributed by atoms with E-state index in [1.165, 1.54) is 29.2 Å². The Labute approximate surface area is 190 Å². The normalized spacial score (nSPS) is 17.9. The molecule has 2 aromatic carbocycles. The Balaban J connectivity index is 2.02. The zero-order valence-electron chi connectivity index (χ0n) is 17.7. The number of nitrogens with zero attached hydrogens (tertiary/aromatic N) is 2.